The molecule has 2 aromatic rings. The number of carbonyl (C=O) groups excluding carboxylic acids is 1. The molecule has 0 aliphatic heterocycles. The van der Waals surface area contributed by atoms with E-state index < -0.39 is 17.1 Å². The van der Waals surface area contributed by atoms with E-state index in [1.54, 1.807) is 13.8 Å². The number of ether oxygens (including phenoxy) is 1. The number of carboxylic acids is 1. The molecule has 0 fully saturated rings. The Balaban J connectivity index is 0.000000397. The number of aryl methyl sites for hydroxylation is 1. The highest BCUT2D eigenvalue weighted by atomic mass is 32.2. The van der Waals surface area contributed by atoms with Crippen molar-refractivity contribution in [3.8, 4) is 5.75 Å². The number of anilines is 1. The third kappa shape index (κ3) is 12.3. The quantitative estimate of drug-likeness (QED) is 0.235. The molecular weight excluding hydrogens is 493 g/mol. The van der Waals surface area contributed by atoms with Gasteiger partial charge in [-0.05, 0) is 94.1 Å². The number of benzene rings is 2. The summed E-state index contributed by atoms with van der Waals surface area (Å²) in [6.07, 6.45) is -3.31. The first-order valence-electron chi connectivity index (χ1n) is 11.4. The van der Waals surface area contributed by atoms with E-state index in [-0.39, 0.29) is 5.75 Å². The molecule has 0 radical (unpaired) electrons. The van der Waals surface area contributed by atoms with Crippen LogP contribution in [0, 0.1) is 12.8 Å². The topological polar surface area (TPSA) is 87.7 Å². The number of nitrogens with one attached hydrogen (secondary N) is 2. The fourth-order valence-corrected chi connectivity index (χ4v) is 3.94. The van der Waals surface area contributed by atoms with Gasteiger partial charge in [-0.15, -0.1) is 24.9 Å². The number of rotatable bonds is 11. The predicted octanol–water partition coefficient (Wildman–Crippen LogP) is 6.28. The highest BCUT2D eigenvalue weighted by Crippen LogP contribution is 2.34. The molecule has 0 spiro atoms. The Morgan fingerprint density at radius 3 is 2.22 bits per heavy atom. The fourth-order valence-electron chi connectivity index (χ4n) is 2.93. The Morgan fingerprint density at radius 1 is 1.11 bits per heavy atom. The summed E-state index contributed by atoms with van der Waals surface area (Å²) in [6.45, 7) is 13.2. The van der Waals surface area contributed by atoms with Crippen molar-refractivity contribution in [1.29, 1.82) is 0 Å². The molecule has 36 heavy (non-hydrogen) atoms. The van der Waals surface area contributed by atoms with Gasteiger partial charge in [0.1, 0.15) is 10.5 Å². The van der Waals surface area contributed by atoms with Crippen molar-refractivity contribution in [3.05, 3.63) is 53.6 Å². The van der Waals surface area contributed by atoms with Crippen LogP contribution in [0.3, 0.4) is 0 Å². The van der Waals surface area contributed by atoms with E-state index >= 15 is 0 Å². The molecule has 3 N–H and O–H groups in total. The maximum atomic E-state index is 11.7. The van der Waals surface area contributed by atoms with Crippen LogP contribution in [-0.2, 0) is 16.0 Å². The van der Waals surface area contributed by atoms with Gasteiger partial charge in [0.15, 0.2) is 0 Å². The minimum absolute atomic E-state index is 0.325. The van der Waals surface area contributed by atoms with E-state index in [2.05, 4.69) is 55.2 Å². The number of hydrogen-bond acceptors (Lipinski definition) is 5. The normalized spacial score (nSPS) is 12.4. The van der Waals surface area contributed by atoms with E-state index in [0.29, 0.717) is 24.1 Å². The number of halogens is 3. The van der Waals surface area contributed by atoms with E-state index in [1.807, 2.05) is 6.07 Å². The second kappa shape index (κ2) is 14.1. The second-order valence-electron chi connectivity index (χ2n) is 9.25. The third-order valence-electron chi connectivity index (χ3n) is 4.92. The van der Waals surface area contributed by atoms with Gasteiger partial charge in [0, 0.05) is 16.6 Å². The summed E-state index contributed by atoms with van der Waals surface area (Å²) >= 11 is 1.40. The molecule has 0 aliphatic carbocycles. The van der Waals surface area contributed by atoms with Crippen LogP contribution < -0.4 is 15.4 Å². The Morgan fingerprint density at radius 2 is 1.72 bits per heavy atom. The van der Waals surface area contributed by atoms with E-state index in [0.717, 1.165) is 30.0 Å². The van der Waals surface area contributed by atoms with Crippen LogP contribution in [0.25, 0.3) is 0 Å². The maximum Gasteiger partial charge on any atom is 0.573 e. The van der Waals surface area contributed by atoms with Crippen molar-refractivity contribution < 1.29 is 32.6 Å². The van der Waals surface area contributed by atoms with Crippen molar-refractivity contribution in [1.82, 2.24) is 5.32 Å². The van der Waals surface area contributed by atoms with Gasteiger partial charge < -0.3 is 20.5 Å². The first kappa shape index (κ1) is 31.3. The summed E-state index contributed by atoms with van der Waals surface area (Å²) in [6, 6.07) is 11.5. The van der Waals surface area contributed by atoms with Crippen molar-refractivity contribution in [2.75, 3.05) is 11.9 Å². The van der Waals surface area contributed by atoms with Gasteiger partial charge >= 0.3 is 12.3 Å². The average Bonchev–Trinajstić information content (AvgIpc) is 2.75. The summed E-state index contributed by atoms with van der Waals surface area (Å²) in [7, 11) is 0. The van der Waals surface area contributed by atoms with Crippen molar-refractivity contribution >= 4 is 29.8 Å². The van der Waals surface area contributed by atoms with Crippen LogP contribution in [0.15, 0.2) is 47.4 Å². The lowest BCUT2D eigenvalue weighted by Gasteiger charge is -2.20. The zero-order valence-corrected chi connectivity index (χ0v) is 22.2. The Kier molecular flexibility index (Phi) is 12.3. The second-order valence-corrected chi connectivity index (χ2v) is 10.9. The molecule has 200 valence electrons. The minimum atomic E-state index is -4.69. The molecule has 1 atom stereocenters. The number of aliphatic carboxylic acids is 1. The van der Waals surface area contributed by atoms with Gasteiger partial charge in [-0.2, -0.15) is 0 Å². The summed E-state index contributed by atoms with van der Waals surface area (Å²) in [5.74, 6) is -0.470. The number of carbonyl (C=O) groups is 2. The molecular formula is C26H35F3N2O4S. The first-order valence-corrected chi connectivity index (χ1v) is 12.3. The Labute approximate surface area is 215 Å². The average molecular weight is 529 g/mol. The van der Waals surface area contributed by atoms with E-state index in [1.165, 1.54) is 35.0 Å². The first-order chi connectivity index (χ1) is 16.6. The monoisotopic (exact) mass is 528 g/mol. The van der Waals surface area contributed by atoms with Crippen LogP contribution in [0.1, 0.15) is 45.7 Å². The smallest absolute Gasteiger partial charge is 0.480 e. The molecule has 0 saturated heterocycles. The van der Waals surface area contributed by atoms with Crippen LogP contribution in [0.2, 0.25) is 0 Å². The molecule has 6 nitrogen and oxygen atoms in total. The van der Waals surface area contributed by atoms with Gasteiger partial charge in [0.25, 0.3) is 0 Å². The Bertz CT molecular complexity index is 980. The van der Waals surface area contributed by atoms with Crippen LogP contribution in [0.4, 0.5) is 18.9 Å². The van der Waals surface area contributed by atoms with Crippen LogP contribution in [-0.4, -0.2) is 41.2 Å². The SMILES string of the molecule is Cc1ccc(SC(C)(C)C(=O)O)cc1CC(C)NCC(C)C.O=CNc1ccc(OC(F)(F)F)cc1. The fraction of sp³-hybridized carbons (Fsp3) is 0.462. The molecule has 0 aromatic heterocycles. The van der Waals surface area contributed by atoms with Gasteiger partial charge in [-0.3, -0.25) is 9.59 Å². The molecule has 2 rings (SSSR count). The van der Waals surface area contributed by atoms with Gasteiger partial charge in [-0.1, -0.05) is 19.9 Å². The lowest BCUT2D eigenvalue weighted by Crippen LogP contribution is -2.31. The largest absolute Gasteiger partial charge is 0.573 e. The molecule has 0 heterocycles. The lowest BCUT2D eigenvalue weighted by molar-refractivity contribution is -0.274. The lowest BCUT2D eigenvalue weighted by atomic mass is 10.0. The molecule has 0 bridgehead atoms. The molecule has 1 unspecified atom stereocenters. The van der Waals surface area contributed by atoms with Gasteiger partial charge in [0.05, 0.1) is 0 Å². The van der Waals surface area contributed by atoms with Gasteiger partial charge in [0.2, 0.25) is 6.41 Å². The van der Waals surface area contributed by atoms with E-state index in [4.69, 9.17) is 0 Å². The zero-order chi connectivity index (χ0) is 27.5. The van der Waals surface area contributed by atoms with E-state index in [9.17, 15) is 27.9 Å². The summed E-state index contributed by atoms with van der Waals surface area (Å²) in [5, 5.41) is 15.1. The van der Waals surface area contributed by atoms with Gasteiger partial charge in [-0.25, -0.2) is 0 Å². The number of thioether (sulfide) groups is 1. The Hall–Kier alpha value is -2.72. The number of hydrogen-bond donors (Lipinski definition) is 3. The summed E-state index contributed by atoms with van der Waals surface area (Å²) in [5.41, 5.74) is 2.94. The highest BCUT2D eigenvalue weighted by molar-refractivity contribution is 8.01. The van der Waals surface area contributed by atoms with Crippen molar-refractivity contribution in [2.45, 2.75) is 70.0 Å². The molecule has 0 saturated carbocycles. The minimum Gasteiger partial charge on any atom is -0.480 e. The van der Waals surface area contributed by atoms with Crippen molar-refractivity contribution in [2.24, 2.45) is 5.92 Å². The predicted molar refractivity (Wildman–Crippen MR) is 138 cm³/mol. The summed E-state index contributed by atoms with van der Waals surface area (Å²) < 4.78 is 37.9. The zero-order valence-electron chi connectivity index (χ0n) is 21.4. The molecule has 0 aliphatic rings. The molecule has 2 aromatic carbocycles. The number of amides is 1. The summed E-state index contributed by atoms with van der Waals surface area (Å²) in [4.78, 5) is 22.3. The standard InChI is InChI=1S/C18H29NO2S.C8H6F3NO2/c1-12(2)11-19-14(4)9-15-10-16(8-7-13(15)3)22-18(5,6)17(20)21;9-8(10,11)14-7-3-1-6(2-4-7)12-5-13/h7-8,10,12,14,19H,9,11H2,1-6H3,(H,20,21);1-5H,(H,12,13). The van der Waals surface area contributed by atoms with Crippen molar-refractivity contribution in [3.63, 3.8) is 0 Å². The third-order valence-corrected chi connectivity index (χ3v) is 6.10. The maximum absolute atomic E-state index is 11.7. The highest BCUT2D eigenvalue weighted by Gasteiger charge is 2.31. The number of carboxylic acid groups (broad SMARTS) is 1. The molecule has 1 amide bonds. The number of alkyl halides is 3. The van der Waals surface area contributed by atoms with Crippen LogP contribution in [0.5, 0.6) is 5.75 Å². The van der Waals surface area contributed by atoms with Crippen LogP contribution >= 0.6 is 11.8 Å². The molecule has 10 heteroatoms.